The summed E-state index contributed by atoms with van der Waals surface area (Å²) in [4.78, 5) is 28.3. The van der Waals surface area contributed by atoms with E-state index in [1.54, 1.807) is 12.4 Å². The number of amides is 1. The second-order valence-corrected chi connectivity index (χ2v) is 8.42. The quantitative estimate of drug-likeness (QED) is 0.657. The van der Waals surface area contributed by atoms with Gasteiger partial charge in [0.15, 0.2) is 5.82 Å². The minimum absolute atomic E-state index is 0.106. The highest BCUT2D eigenvalue weighted by atomic mass is 16.1. The first-order valence-electron chi connectivity index (χ1n) is 10.9. The second kappa shape index (κ2) is 9.79. The van der Waals surface area contributed by atoms with Crippen LogP contribution in [0.15, 0.2) is 61.1 Å². The van der Waals surface area contributed by atoms with E-state index in [1.165, 1.54) is 5.56 Å². The van der Waals surface area contributed by atoms with Gasteiger partial charge in [-0.05, 0) is 42.5 Å². The largest absolute Gasteiger partial charge is 0.349 e. The molecule has 1 aliphatic heterocycles. The highest BCUT2D eigenvalue weighted by Crippen LogP contribution is 2.21. The minimum Gasteiger partial charge on any atom is -0.349 e. The third-order valence-corrected chi connectivity index (χ3v) is 5.76. The summed E-state index contributed by atoms with van der Waals surface area (Å²) < 4.78 is 0. The number of carbonyl (C=O) groups excluding carboxylic acids is 1. The molecule has 0 saturated carbocycles. The van der Waals surface area contributed by atoms with Gasteiger partial charge >= 0.3 is 0 Å². The number of carbonyl (C=O) groups is 1. The van der Waals surface area contributed by atoms with E-state index in [2.05, 4.69) is 57.2 Å². The summed E-state index contributed by atoms with van der Waals surface area (Å²) >= 11 is 0. The predicted octanol–water partition coefficient (Wildman–Crippen LogP) is 4.06. The predicted molar refractivity (Wildman–Crippen MR) is 122 cm³/mol. The van der Waals surface area contributed by atoms with Crippen LogP contribution in [-0.4, -0.2) is 44.9 Å². The van der Waals surface area contributed by atoms with Gasteiger partial charge in [0.05, 0.1) is 11.3 Å². The van der Waals surface area contributed by atoms with Crippen LogP contribution >= 0.6 is 0 Å². The molecule has 0 spiro atoms. The first-order chi connectivity index (χ1) is 15.1. The number of hydrogen-bond acceptors (Lipinski definition) is 5. The summed E-state index contributed by atoms with van der Waals surface area (Å²) in [6.07, 6.45) is 6.93. The topological polar surface area (TPSA) is 71.0 Å². The van der Waals surface area contributed by atoms with Gasteiger partial charge in [0, 0.05) is 49.8 Å². The average molecular weight is 416 g/mol. The number of rotatable bonds is 6. The van der Waals surface area contributed by atoms with Crippen LogP contribution in [-0.2, 0) is 6.54 Å². The van der Waals surface area contributed by atoms with Gasteiger partial charge in [0.25, 0.3) is 5.91 Å². The van der Waals surface area contributed by atoms with Crippen LogP contribution < -0.4 is 5.32 Å². The smallest absolute Gasteiger partial charge is 0.254 e. The highest BCUT2D eigenvalue weighted by Gasteiger charge is 2.21. The molecule has 0 bridgehead atoms. The Hall–Kier alpha value is -3.12. The number of benzene rings is 1. The fraction of sp³-hybridized carbons (Fsp3) is 0.360. The van der Waals surface area contributed by atoms with E-state index in [0.29, 0.717) is 17.3 Å². The molecular weight excluding hydrogens is 386 g/mol. The lowest BCUT2D eigenvalue weighted by Gasteiger charge is -2.32. The molecule has 1 N–H and O–H groups in total. The lowest BCUT2D eigenvalue weighted by molar-refractivity contribution is 0.0908. The minimum atomic E-state index is -0.106. The molecule has 0 radical (unpaired) electrons. The zero-order valence-electron chi connectivity index (χ0n) is 18.2. The normalized spacial score (nSPS) is 15.2. The van der Waals surface area contributed by atoms with Gasteiger partial charge in [0.2, 0.25) is 0 Å². The third-order valence-electron chi connectivity index (χ3n) is 5.76. The number of aromatic nitrogens is 3. The molecule has 1 saturated heterocycles. The van der Waals surface area contributed by atoms with Crippen LogP contribution in [0.4, 0.5) is 0 Å². The number of piperidine rings is 1. The monoisotopic (exact) mass is 415 g/mol. The number of hydrogen-bond donors (Lipinski definition) is 1. The van der Waals surface area contributed by atoms with Gasteiger partial charge in [-0.25, -0.2) is 9.97 Å². The Bertz CT molecular complexity index is 996. The van der Waals surface area contributed by atoms with Crippen molar-refractivity contribution in [2.45, 2.75) is 45.2 Å². The van der Waals surface area contributed by atoms with Crippen LogP contribution in [0.25, 0.3) is 11.4 Å². The molecule has 0 unspecified atom stereocenters. The Kier molecular flexibility index (Phi) is 6.67. The fourth-order valence-electron chi connectivity index (χ4n) is 3.86. The average Bonchev–Trinajstić information content (AvgIpc) is 2.81. The molecule has 1 aromatic carbocycles. The van der Waals surface area contributed by atoms with Crippen LogP contribution in [0.1, 0.15) is 54.2 Å². The summed E-state index contributed by atoms with van der Waals surface area (Å²) in [6, 6.07) is 14.4. The van der Waals surface area contributed by atoms with Crippen molar-refractivity contribution in [3.63, 3.8) is 0 Å². The first kappa shape index (κ1) is 21.1. The summed E-state index contributed by atoms with van der Waals surface area (Å²) in [6.45, 7) is 7.08. The van der Waals surface area contributed by atoms with Crippen LogP contribution in [0.5, 0.6) is 0 Å². The van der Waals surface area contributed by atoms with Crippen molar-refractivity contribution in [1.82, 2.24) is 25.2 Å². The molecule has 1 amide bonds. The fourth-order valence-corrected chi connectivity index (χ4v) is 3.86. The molecule has 4 rings (SSSR count). The van der Waals surface area contributed by atoms with E-state index >= 15 is 0 Å². The van der Waals surface area contributed by atoms with Gasteiger partial charge in [-0.15, -0.1) is 0 Å². The maximum atomic E-state index is 12.7. The molecule has 160 valence electrons. The molecule has 3 aromatic rings. The standard InChI is InChI=1S/C25H29N5O/c1-18(2)19-6-5-7-20(14-19)24-27-15-21(16-28-24)25(31)29-22-9-12-30(13-10-22)17-23-8-3-4-11-26-23/h3-8,11,14-16,18,22H,9-10,12-13,17H2,1-2H3,(H,29,31). The maximum Gasteiger partial charge on any atom is 0.254 e. The lowest BCUT2D eigenvalue weighted by atomic mass is 10.0. The molecule has 3 heterocycles. The number of nitrogens with one attached hydrogen (secondary N) is 1. The summed E-state index contributed by atoms with van der Waals surface area (Å²) in [5, 5.41) is 3.14. The van der Waals surface area contributed by atoms with Crippen molar-refractivity contribution in [2.75, 3.05) is 13.1 Å². The molecule has 0 aliphatic carbocycles. The molecular formula is C25H29N5O. The van der Waals surface area contributed by atoms with Crippen LogP contribution in [0.3, 0.4) is 0 Å². The van der Waals surface area contributed by atoms with E-state index < -0.39 is 0 Å². The van der Waals surface area contributed by atoms with Gasteiger partial charge < -0.3 is 5.32 Å². The van der Waals surface area contributed by atoms with Crippen molar-refractivity contribution < 1.29 is 4.79 Å². The molecule has 6 heteroatoms. The summed E-state index contributed by atoms with van der Waals surface area (Å²) in [7, 11) is 0. The summed E-state index contributed by atoms with van der Waals surface area (Å²) in [5.41, 5.74) is 3.80. The molecule has 2 aromatic heterocycles. The second-order valence-electron chi connectivity index (χ2n) is 8.42. The first-order valence-corrected chi connectivity index (χ1v) is 10.9. The maximum absolute atomic E-state index is 12.7. The zero-order chi connectivity index (χ0) is 21.6. The van der Waals surface area contributed by atoms with Crippen molar-refractivity contribution in [3.8, 4) is 11.4 Å². The van der Waals surface area contributed by atoms with Crippen molar-refractivity contribution in [3.05, 3.63) is 77.9 Å². The van der Waals surface area contributed by atoms with E-state index in [0.717, 1.165) is 43.7 Å². The zero-order valence-corrected chi connectivity index (χ0v) is 18.2. The number of likely N-dealkylation sites (tertiary alicyclic amines) is 1. The molecule has 1 aliphatic rings. The van der Waals surface area contributed by atoms with Gasteiger partial charge in [-0.2, -0.15) is 0 Å². The molecule has 0 atom stereocenters. The van der Waals surface area contributed by atoms with Gasteiger partial charge in [-0.3, -0.25) is 14.7 Å². The summed E-state index contributed by atoms with van der Waals surface area (Å²) in [5.74, 6) is 0.980. The SMILES string of the molecule is CC(C)c1cccc(-c2ncc(C(=O)NC3CCN(Cc4ccccn4)CC3)cn2)c1. The van der Waals surface area contributed by atoms with E-state index in [9.17, 15) is 4.79 Å². The number of nitrogens with zero attached hydrogens (tertiary/aromatic N) is 4. The van der Waals surface area contributed by atoms with Crippen LogP contribution in [0.2, 0.25) is 0 Å². The molecule has 1 fully saturated rings. The van der Waals surface area contributed by atoms with Crippen molar-refractivity contribution in [2.24, 2.45) is 0 Å². The van der Waals surface area contributed by atoms with Gasteiger partial charge in [0.1, 0.15) is 0 Å². The molecule has 31 heavy (non-hydrogen) atoms. The van der Waals surface area contributed by atoms with Crippen LogP contribution in [0, 0.1) is 0 Å². The van der Waals surface area contributed by atoms with E-state index in [4.69, 9.17) is 0 Å². The van der Waals surface area contributed by atoms with E-state index in [-0.39, 0.29) is 11.9 Å². The Balaban J connectivity index is 1.31. The lowest BCUT2D eigenvalue weighted by Crippen LogP contribution is -2.44. The Morgan fingerprint density at radius 2 is 1.84 bits per heavy atom. The Morgan fingerprint density at radius 1 is 1.06 bits per heavy atom. The Morgan fingerprint density at radius 3 is 2.52 bits per heavy atom. The third kappa shape index (κ3) is 5.52. The Labute approximate surface area is 183 Å². The van der Waals surface area contributed by atoms with E-state index in [1.807, 2.05) is 30.5 Å². The van der Waals surface area contributed by atoms with Crippen molar-refractivity contribution >= 4 is 5.91 Å². The molecule has 6 nitrogen and oxygen atoms in total. The number of pyridine rings is 1. The van der Waals surface area contributed by atoms with Crippen molar-refractivity contribution in [1.29, 1.82) is 0 Å². The highest BCUT2D eigenvalue weighted by molar-refractivity contribution is 5.93. The van der Waals surface area contributed by atoms with Gasteiger partial charge in [-0.1, -0.05) is 38.1 Å².